The second-order valence-corrected chi connectivity index (χ2v) is 3.93. The first-order valence-corrected chi connectivity index (χ1v) is 5.07. The molecule has 0 bridgehead atoms. The molecule has 0 atom stereocenters. The normalized spacial score (nSPS) is 10.2. The van der Waals surface area contributed by atoms with Crippen LogP contribution >= 0.6 is 11.3 Å². The van der Waals surface area contributed by atoms with Crippen molar-refractivity contribution >= 4 is 32.6 Å². The molecule has 1 heterocycles. The molecule has 0 fully saturated rings. The van der Waals surface area contributed by atoms with Gasteiger partial charge >= 0.3 is 6.16 Å². The summed E-state index contributed by atoms with van der Waals surface area (Å²) in [6.07, 6.45) is -0.759. The van der Waals surface area contributed by atoms with Gasteiger partial charge in [0.15, 0.2) is 5.75 Å². The molecular formula is C10H9NO3S. The van der Waals surface area contributed by atoms with Crippen LogP contribution in [0.25, 0.3) is 10.1 Å². The highest BCUT2D eigenvalue weighted by Crippen LogP contribution is 2.39. The van der Waals surface area contributed by atoms with Crippen LogP contribution in [0.3, 0.4) is 0 Å². The fourth-order valence-electron chi connectivity index (χ4n) is 1.27. The van der Waals surface area contributed by atoms with Gasteiger partial charge in [0, 0.05) is 10.1 Å². The number of carbonyl (C=O) groups excluding carboxylic acids is 1. The van der Waals surface area contributed by atoms with Gasteiger partial charge in [-0.2, -0.15) is 0 Å². The Morgan fingerprint density at radius 1 is 1.40 bits per heavy atom. The summed E-state index contributed by atoms with van der Waals surface area (Å²) in [5, 5.41) is 1.30. The minimum atomic E-state index is -0.759. The van der Waals surface area contributed by atoms with Crippen LogP contribution in [0.2, 0.25) is 0 Å². The Bertz CT molecular complexity index is 506. The van der Waals surface area contributed by atoms with Crippen molar-refractivity contribution < 1.29 is 14.3 Å². The smallest absolute Gasteiger partial charge is 0.437 e. The Kier molecular flexibility index (Phi) is 2.47. The maximum Gasteiger partial charge on any atom is 0.513 e. The largest absolute Gasteiger partial charge is 0.513 e. The van der Waals surface area contributed by atoms with Crippen LogP contribution in [0.15, 0.2) is 24.3 Å². The van der Waals surface area contributed by atoms with Crippen molar-refractivity contribution in [1.29, 1.82) is 0 Å². The van der Waals surface area contributed by atoms with Gasteiger partial charge in [0.05, 0.1) is 7.11 Å². The van der Waals surface area contributed by atoms with Gasteiger partial charge in [-0.1, -0.05) is 12.1 Å². The molecule has 0 aliphatic rings. The number of methoxy groups -OCH3 is 1. The number of ether oxygens (including phenoxy) is 2. The average Bonchev–Trinajstić information content (AvgIpc) is 2.55. The van der Waals surface area contributed by atoms with Crippen molar-refractivity contribution in [2.45, 2.75) is 0 Å². The number of rotatable bonds is 1. The molecule has 5 heteroatoms. The quantitative estimate of drug-likeness (QED) is 0.755. The van der Waals surface area contributed by atoms with Crippen molar-refractivity contribution in [2.24, 2.45) is 0 Å². The number of thiophene rings is 1. The van der Waals surface area contributed by atoms with Gasteiger partial charge in [0.2, 0.25) is 0 Å². The minimum Gasteiger partial charge on any atom is -0.437 e. The molecule has 0 saturated heterocycles. The van der Waals surface area contributed by atoms with Crippen LogP contribution in [0.1, 0.15) is 0 Å². The number of benzene rings is 1. The molecule has 0 aliphatic heterocycles. The first-order chi connectivity index (χ1) is 7.22. The van der Waals surface area contributed by atoms with Gasteiger partial charge in [0.1, 0.15) is 5.00 Å². The first kappa shape index (κ1) is 9.79. The molecule has 4 nitrogen and oxygen atoms in total. The zero-order valence-corrected chi connectivity index (χ0v) is 8.84. The van der Waals surface area contributed by atoms with E-state index in [1.54, 1.807) is 0 Å². The van der Waals surface area contributed by atoms with Crippen LogP contribution in [0.5, 0.6) is 5.75 Å². The molecular weight excluding hydrogens is 214 g/mol. The number of anilines is 1. The van der Waals surface area contributed by atoms with E-state index in [4.69, 9.17) is 10.5 Å². The second kappa shape index (κ2) is 3.78. The molecule has 1 aromatic carbocycles. The van der Waals surface area contributed by atoms with E-state index in [2.05, 4.69) is 4.74 Å². The maximum atomic E-state index is 11.0. The topological polar surface area (TPSA) is 61.5 Å². The lowest BCUT2D eigenvalue weighted by Crippen LogP contribution is -2.07. The molecule has 15 heavy (non-hydrogen) atoms. The third-order valence-electron chi connectivity index (χ3n) is 1.93. The summed E-state index contributed by atoms with van der Waals surface area (Å²) in [6.45, 7) is 0. The highest BCUT2D eigenvalue weighted by molar-refractivity contribution is 7.23. The molecule has 0 radical (unpaired) electrons. The van der Waals surface area contributed by atoms with Crippen molar-refractivity contribution in [1.82, 2.24) is 0 Å². The van der Waals surface area contributed by atoms with Crippen LogP contribution < -0.4 is 10.5 Å². The Labute approximate surface area is 90.2 Å². The van der Waals surface area contributed by atoms with Gasteiger partial charge in [-0.15, -0.1) is 11.3 Å². The highest BCUT2D eigenvalue weighted by Gasteiger charge is 2.14. The number of carbonyl (C=O) groups is 1. The summed E-state index contributed by atoms with van der Waals surface area (Å²) in [6, 6.07) is 7.53. The lowest BCUT2D eigenvalue weighted by molar-refractivity contribution is 0.122. The molecule has 0 aliphatic carbocycles. The van der Waals surface area contributed by atoms with E-state index >= 15 is 0 Å². The molecule has 1 aromatic heterocycles. The van der Waals surface area contributed by atoms with Crippen LogP contribution in [-0.2, 0) is 4.74 Å². The van der Waals surface area contributed by atoms with E-state index in [0.717, 1.165) is 10.1 Å². The summed E-state index contributed by atoms with van der Waals surface area (Å²) in [5.41, 5.74) is 5.74. The molecule has 0 amide bonds. The fraction of sp³-hybridized carbons (Fsp3) is 0.100. The van der Waals surface area contributed by atoms with Crippen molar-refractivity contribution in [2.75, 3.05) is 12.8 Å². The monoisotopic (exact) mass is 223 g/mol. The lowest BCUT2D eigenvalue weighted by Gasteiger charge is -2.01. The van der Waals surface area contributed by atoms with Gasteiger partial charge in [-0.3, -0.25) is 0 Å². The molecule has 0 saturated carbocycles. The zero-order chi connectivity index (χ0) is 10.8. The molecule has 2 N–H and O–H groups in total. The van der Waals surface area contributed by atoms with E-state index in [9.17, 15) is 4.79 Å². The first-order valence-electron chi connectivity index (χ1n) is 4.25. The molecule has 0 unspecified atom stereocenters. The number of hydrogen-bond donors (Lipinski definition) is 1. The fourth-order valence-corrected chi connectivity index (χ4v) is 2.17. The molecule has 78 valence electrons. The number of hydrogen-bond acceptors (Lipinski definition) is 5. The van der Waals surface area contributed by atoms with Crippen LogP contribution in [0, 0.1) is 0 Å². The summed E-state index contributed by atoms with van der Waals surface area (Å²) >= 11 is 1.38. The lowest BCUT2D eigenvalue weighted by atomic mass is 10.2. The summed E-state index contributed by atoms with van der Waals surface area (Å²) in [4.78, 5) is 11.0. The molecule has 2 rings (SSSR count). The standard InChI is InChI=1S/C10H9NO3S/c1-13-10(12)14-8-6-4-2-3-5-7(6)15-9(8)11/h2-5H,11H2,1H3. The van der Waals surface area contributed by atoms with E-state index in [1.165, 1.54) is 18.4 Å². The van der Waals surface area contributed by atoms with E-state index < -0.39 is 6.16 Å². The SMILES string of the molecule is COC(=O)Oc1c(N)sc2ccccc12. The Morgan fingerprint density at radius 3 is 2.87 bits per heavy atom. The maximum absolute atomic E-state index is 11.0. The number of nitrogens with two attached hydrogens (primary N) is 1. The van der Waals surface area contributed by atoms with E-state index in [1.807, 2.05) is 24.3 Å². The van der Waals surface area contributed by atoms with Crippen molar-refractivity contribution in [3.05, 3.63) is 24.3 Å². The van der Waals surface area contributed by atoms with Crippen molar-refractivity contribution in [3.8, 4) is 5.75 Å². The average molecular weight is 223 g/mol. The van der Waals surface area contributed by atoms with E-state index in [0.29, 0.717) is 10.8 Å². The van der Waals surface area contributed by atoms with Gasteiger partial charge < -0.3 is 15.2 Å². The van der Waals surface area contributed by atoms with Crippen LogP contribution in [-0.4, -0.2) is 13.3 Å². The minimum absolute atomic E-state index is 0.377. The number of nitrogen functional groups attached to an aromatic ring is 1. The predicted octanol–water partition coefficient (Wildman–Crippen LogP) is 2.63. The molecule has 2 aromatic rings. The Morgan fingerprint density at radius 2 is 2.13 bits per heavy atom. The van der Waals surface area contributed by atoms with Crippen LogP contribution in [0.4, 0.5) is 9.80 Å². The predicted molar refractivity (Wildman–Crippen MR) is 59.3 cm³/mol. The zero-order valence-electron chi connectivity index (χ0n) is 8.02. The third kappa shape index (κ3) is 1.73. The van der Waals surface area contributed by atoms with Gasteiger partial charge in [0.25, 0.3) is 0 Å². The number of fused-ring (bicyclic) bond motifs is 1. The Balaban J connectivity index is 2.49. The van der Waals surface area contributed by atoms with Gasteiger partial charge in [-0.05, 0) is 12.1 Å². The molecule has 0 spiro atoms. The highest BCUT2D eigenvalue weighted by atomic mass is 32.1. The third-order valence-corrected chi connectivity index (χ3v) is 2.91. The van der Waals surface area contributed by atoms with E-state index in [-0.39, 0.29) is 0 Å². The second-order valence-electron chi connectivity index (χ2n) is 2.85. The summed E-state index contributed by atoms with van der Waals surface area (Å²) < 4.78 is 10.4. The summed E-state index contributed by atoms with van der Waals surface area (Å²) in [7, 11) is 1.26. The van der Waals surface area contributed by atoms with Gasteiger partial charge in [-0.25, -0.2) is 4.79 Å². The Hall–Kier alpha value is -1.75. The van der Waals surface area contributed by atoms with Crippen molar-refractivity contribution in [3.63, 3.8) is 0 Å². The summed E-state index contributed by atoms with van der Waals surface area (Å²) in [5.74, 6) is 0.377.